The lowest BCUT2D eigenvalue weighted by atomic mass is 10.1. The van der Waals surface area contributed by atoms with E-state index < -0.39 is 23.9 Å². The molecule has 0 saturated carbocycles. The van der Waals surface area contributed by atoms with E-state index in [4.69, 9.17) is 10.5 Å². The van der Waals surface area contributed by atoms with Gasteiger partial charge >= 0.3 is 6.09 Å². The van der Waals surface area contributed by atoms with Crippen molar-refractivity contribution >= 4 is 40.5 Å². The molecule has 0 aliphatic heterocycles. The van der Waals surface area contributed by atoms with Crippen molar-refractivity contribution in [2.24, 2.45) is 5.73 Å². The Bertz CT molecular complexity index is 799. The molecule has 0 unspecified atom stereocenters. The molecule has 0 heterocycles. The molecule has 0 saturated heterocycles. The normalized spacial score (nSPS) is 11.3. The zero-order valence-electron chi connectivity index (χ0n) is 14.5. The quantitative estimate of drug-likeness (QED) is 0.499. The predicted octanol–water partition coefficient (Wildman–Crippen LogP) is 1.73. The molecule has 0 aliphatic carbocycles. The number of halogens is 1. The van der Waals surface area contributed by atoms with Crippen LogP contribution in [0.5, 0.6) is 0 Å². The van der Waals surface area contributed by atoms with Gasteiger partial charge in [-0.15, -0.1) is 0 Å². The summed E-state index contributed by atoms with van der Waals surface area (Å²) < 4.78 is 6.03. The zero-order valence-corrected chi connectivity index (χ0v) is 16.6. The summed E-state index contributed by atoms with van der Waals surface area (Å²) in [4.78, 5) is 35.3. The Morgan fingerprint density at radius 1 is 1.04 bits per heavy atom. The lowest BCUT2D eigenvalue weighted by molar-refractivity contribution is -0.126. The molecule has 4 N–H and O–H groups in total. The van der Waals surface area contributed by atoms with Crippen LogP contribution in [0.2, 0.25) is 0 Å². The molecule has 27 heavy (non-hydrogen) atoms. The summed E-state index contributed by atoms with van der Waals surface area (Å²) in [5.74, 6) is -1.17. The number of hydrogen-bond donors (Lipinski definition) is 3. The first-order valence-corrected chi connectivity index (χ1v) is 9.29. The number of amides is 3. The minimum absolute atomic E-state index is 0.102. The van der Waals surface area contributed by atoms with Crippen molar-refractivity contribution in [2.45, 2.75) is 19.1 Å². The fourth-order valence-corrected chi connectivity index (χ4v) is 2.90. The molecule has 0 aliphatic rings. The molecule has 0 aromatic heterocycles. The highest BCUT2D eigenvalue weighted by molar-refractivity contribution is 14.1. The van der Waals surface area contributed by atoms with Crippen LogP contribution in [0.3, 0.4) is 0 Å². The molecule has 2 aromatic carbocycles. The lowest BCUT2D eigenvalue weighted by Crippen LogP contribution is -2.49. The molecule has 0 radical (unpaired) electrons. The first-order chi connectivity index (χ1) is 12.9. The maximum atomic E-state index is 12.0. The van der Waals surface area contributed by atoms with Gasteiger partial charge in [0.1, 0.15) is 19.2 Å². The minimum Gasteiger partial charge on any atom is -0.445 e. The molecule has 2 aromatic rings. The first-order valence-electron chi connectivity index (χ1n) is 8.21. The zero-order chi connectivity index (χ0) is 19.6. The summed E-state index contributed by atoms with van der Waals surface area (Å²) in [6.45, 7) is -0.214. The van der Waals surface area contributed by atoms with Gasteiger partial charge in [-0.1, -0.05) is 42.5 Å². The average Bonchev–Trinajstić information content (AvgIpc) is 2.65. The number of alkyl carbamates (subject to hydrolysis) is 1. The molecule has 142 valence electrons. The van der Waals surface area contributed by atoms with Crippen molar-refractivity contribution in [3.05, 3.63) is 69.3 Å². The van der Waals surface area contributed by atoms with Gasteiger partial charge in [0.2, 0.25) is 11.8 Å². The molecular formula is C19H20IN3O4. The third kappa shape index (κ3) is 7.65. The molecule has 1 atom stereocenters. The van der Waals surface area contributed by atoms with E-state index in [9.17, 15) is 14.4 Å². The predicted molar refractivity (Wildman–Crippen MR) is 109 cm³/mol. The van der Waals surface area contributed by atoms with Crippen LogP contribution in [-0.4, -0.2) is 30.5 Å². The van der Waals surface area contributed by atoms with Crippen LogP contribution < -0.4 is 16.4 Å². The Hall–Kier alpha value is -2.62. The van der Waals surface area contributed by atoms with Crippen molar-refractivity contribution in [2.75, 3.05) is 6.54 Å². The molecule has 7 nitrogen and oxygen atoms in total. The SMILES string of the molecule is NC(=O)[C@@H](Cc1cccc(I)c1)NC(=O)CNC(=O)OCc1ccccc1. The van der Waals surface area contributed by atoms with Gasteiger partial charge in [0, 0.05) is 9.99 Å². The summed E-state index contributed by atoms with van der Waals surface area (Å²) in [6, 6.07) is 15.9. The Balaban J connectivity index is 1.78. The largest absolute Gasteiger partial charge is 0.445 e. The average molecular weight is 481 g/mol. The van der Waals surface area contributed by atoms with E-state index in [2.05, 4.69) is 33.2 Å². The standard InChI is InChI=1S/C19H20IN3O4/c20-15-8-4-7-14(9-15)10-16(18(21)25)23-17(24)11-22-19(26)27-12-13-5-2-1-3-6-13/h1-9,16H,10-12H2,(H2,21,25)(H,22,26)(H,23,24)/t16-/m1/s1. The van der Waals surface area contributed by atoms with Gasteiger partial charge in [0.15, 0.2) is 0 Å². The third-order valence-electron chi connectivity index (χ3n) is 3.61. The highest BCUT2D eigenvalue weighted by Gasteiger charge is 2.19. The highest BCUT2D eigenvalue weighted by Crippen LogP contribution is 2.10. The summed E-state index contributed by atoms with van der Waals surface area (Å²) in [5, 5.41) is 4.87. The Labute approximate surface area is 170 Å². The van der Waals surface area contributed by atoms with Gasteiger partial charge in [0.05, 0.1) is 0 Å². The van der Waals surface area contributed by atoms with Crippen LogP contribution in [0, 0.1) is 3.57 Å². The highest BCUT2D eigenvalue weighted by atomic mass is 127. The van der Waals surface area contributed by atoms with Gasteiger partial charge in [-0.25, -0.2) is 4.79 Å². The number of hydrogen-bond acceptors (Lipinski definition) is 4. The second-order valence-electron chi connectivity index (χ2n) is 5.77. The van der Waals surface area contributed by atoms with Gasteiger partial charge in [-0.2, -0.15) is 0 Å². The van der Waals surface area contributed by atoms with Crippen molar-refractivity contribution in [3.8, 4) is 0 Å². The molecular weight excluding hydrogens is 461 g/mol. The van der Waals surface area contributed by atoms with E-state index in [1.807, 2.05) is 54.6 Å². The third-order valence-corrected chi connectivity index (χ3v) is 4.28. The Kier molecular flexibility index (Phi) is 8.05. The minimum atomic E-state index is -0.863. The Morgan fingerprint density at radius 3 is 2.41 bits per heavy atom. The van der Waals surface area contributed by atoms with E-state index >= 15 is 0 Å². The number of carbonyl (C=O) groups excluding carboxylic acids is 3. The van der Waals surface area contributed by atoms with Crippen LogP contribution in [0.4, 0.5) is 4.79 Å². The summed E-state index contributed by atoms with van der Waals surface area (Å²) in [7, 11) is 0. The van der Waals surface area contributed by atoms with E-state index in [1.54, 1.807) is 0 Å². The van der Waals surface area contributed by atoms with E-state index in [0.717, 1.165) is 14.7 Å². The lowest BCUT2D eigenvalue weighted by Gasteiger charge is -2.16. The first kappa shape index (κ1) is 20.7. The number of nitrogens with one attached hydrogen (secondary N) is 2. The van der Waals surface area contributed by atoms with Crippen LogP contribution in [0.15, 0.2) is 54.6 Å². The molecule has 0 spiro atoms. The Morgan fingerprint density at radius 2 is 1.74 bits per heavy atom. The smallest absolute Gasteiger partial charge is 0.407 e. The molecule has 0 fully saturated rings. The second kappa shape index (κ2) is 10.5. The van der Waals surface area contributed by atoms with Gasteiger partial charge in [-0.3, -0.25) is 9.59 Å². The number of benzene rings is 2. The van der Waals surface area contributed by atoms with Crippen LogP contribution in [0.1, 0.15) is 11.1 Å². The maximum absolute atomic E-state index is 12.0. The van der Waals surface area contributed by atoms with E-state index in [0.29, 0.717) is 0 Å². The number of nitrogens with two attached hydrogens (primary N) is 1. The number of rotatable bonds is 8. The van der Waals surface area contributed by atoms with Crippen LogP contribution in [-0.2, 0) is 27.4 Å². The van der Waals surface area contributed by atoms with Gasteiger partial charge in [0.25, 0.3) is 0 Å². The van der Waals surface area contributed by atoms with Crippen molar-refractivity contribution < 1.29 is 19.1 Å². The van der Waals surface area contributed by atoms with Crippen molar-refractivity contribution in [1.82, 2.24) is 10.6 Å². The molecule has 2 rings (SSSR count). The van der Waals surface area contributed by atoms with Gasteiger partial charge < -0.3 is 21.1 Å². The summed E-state index contributed by atoms with van der Waals surface area (Å²) in [6.07, 6.45) is -0.446. The van der Waals surface area contributed by atoms with Crippen molar-refractivity contribution in [3.63, 3.8) is 0 Å². The second-order valence-corrected chi connectivity index (χ2v) is 7.02. The number of primary amides is 1. The number of ether oxygens (including phenoxy) is 1. The summed E-state index contributed by atoms with van der Waals surface area (Å²) >= 11 is 2.16. The molecule has 0 bridgehead atoms. The summed E-state index contributed by atoms with van der Waals surface area (Å²) in [5.41, 5.74) is 7.08. The van der Waals surface area contributed by atoms with E-state index in [-0.39, 0.29) is 19.6 Å². The topological polar surface area (TPSA) is 111 Å². The number of carbonyl (C=O) groups is 3. The molecule has 3 amide bonds. The maximum Gasteiger partial charge on any atom is 0.407 e. The van der Waals surface area contributed by atoms with Crippen LogP contribution in [0.25, 0.3) is 0 Å². The van der Waals surface area contributed by atoms with Gasteiger partial charge in [-0.05, 0) is 45.9 Å². The van der Waals surface area contributed by atoms with Crippen LogP contribution >= 0.6 is 22.6 Å². The fourth-order valence-electron chi connectivity index (χ4n) is 2.29. The van der Waals surface area contributed by atoms with Crippen molar-refractivity contribution in [1.29, 1.82) is 0 Å². The monoisotopic (exact) mass is 481 g/mol. The fraction of sp³-hybridized carbons (Fsp3) is 0.211. The van der Waals surface area contributed by atoms with E-state index in [1.165, 1.54) is 0 Å². The molecule has 8 heteroatoms.